The lowest BCUT2D eigenvalue weighted by Crippen LogP contribution is -2.40. The maximum absolute atomic E-state index is 13.2. The first-order valence-corrected chi connectivity index (χ1v) is 8.81. The molecule has 2 aromatic carbocycles. The van der Waals surface area contributed by atoms with Gasteiger partial charge in [0.1, 0.15) is 5.75 Å². The van der Waals surface area contributed by atoms with Gasteiger partial charge in [0, 0.05) is 30.9 Å². The van der Waals surface area contributed by atoms with E-state index in [4.69, 9.17) is 4.74 Å². The SMILES string of the molecule is CCN(CC(=O)Nc1ccc(NC(C)=O)cc1)C(=O)COc1ccc(F)c(F)c1. The Morgan fingerprint density at radius 1 is 0.966 bits per heavy atom. The molecule has 0 radical (unpaired) electrons. The van der Waals surface area contributed by atoms with Gasteiger partial charge in [0.25, 0.3) is 5.91 Å². The molecule has 0 spiro atoms. The molecule has 0 fully saturated rings. The largest absolute Gasteiger partial charge is 0.484 e. The molecule has 3 amide bonds. The highest BCUT2D eigenvalue weighted by Crippen LogP contribution is 2.16. The van der Waals surface area contributed by atoms with Crippen LogP contribution in [0.15, 0.2) is 42.5 Å². The van der Waals surface area contributed by atoms with E-state index < -0.39 is 30.1 Å². The summed E-state index contributed by atoms with van der Waals surface area (Å²) in [5.41, 5.74) is 1.10. The molecule has 154 valence electrons. The predicted octanol–water partition coefficient (Wildman–Crippen LogP) is 2.79. The first kappa shape index (κ1) is 21.8. The van der Waals surface area contributed by atoms with Crippen LogP contribution in [0.3, 0.4) is 0 Å². The van der Waals surface area contributed by atoms with E-state index in [1.807, 2.05) is 0 Å². The Morgan fingerprint density at radius 2 is 1.59 bits per heavy atom. The average molecular weight is 405 g/mol. The molecule has 0 aliphatic rings. The lowest BCUT2D eigenvalue weighted by atomic mass is 10.2. The van der Waals surface area contributed by atoms with E-state index in [2.05, 4.69) is 10.6 Å². The van der Waals surface area contributed by atoms with Crippen molar-refractivity contribution in [2.75, 3.05) is 30.3 Å². The van der Waals surface area contributed by atoms with Crippen LogP contribution in [0.1, 0.15) is 13.8 Å². The van der Waals surface area contributed by atoms with E-state index in [1.54, 1.807) is 31.2 Å². The summed E-state index contributed by atoms with van der Waals surface area (Å²) >= 11 is 0. The Kier molecular flexibility index (Phi) is 7.64. The van der Waals surface area contributed by atoms with Gasteiger partial charge in [-0.1, -0.05) is 0 Å². The summed E-state index contributed by atoms with van der Waals surface area (Å²) in [7, 11) is 0. The van der Waals surface area contributed by atoms with Crippen molar-refractivity contribution in [1.29, 1.82) is 0 Å². The van der Waals surface area contributed by atoms with Crippen LogP contribution in [0.25, 0.3) is 0 Å². The van der Waals surface area contributed by atoms with Crippen molar-refractivity contribution in [3.63, 3.8) is 0 Å². The van der Waals surface area contributed by atoms with Crippen LogP contribution in [-0.2, 0) is 14.4 Å². The summed E-state index contributed by atoms with van der Waals surface area (Å²) in [5.74, 6) is -3.18. The van der Waals surface area contributed by atoms with Gasteiger partial charge in [-0.15, -0.1) is 0 Å². The quantitative estimate of drug-likeness (QED) is 0.707. The Labute approximate surface area is 166 Å². The van der Waals surface area contributed by atoms with Gasteiger partial charge in [0.05, 0.1) is 6.54 Å². The number of carbonyl (C=O) groups is 3. The number of likely N-dealkylation sites (N-methyl/N-ethyl adjacent to an activating group) is 1. The fourth-order valence-electron chi connectivity index (χ4n) is 2.39. The van der Waals surface area contributed by atoms with Crippen molar-refractivity contribution < 1.29 is 27.9 Å². The minimum atomic E-state index is -1.08. The van der Waals surface area contributed by atoms with E-state index in [0.717, 1.165) is 12.1 Å². The number of anilines is 2. The van der Waals surface area contributed by atoms with Crippen LogP contribution in [0.5, 0.6) is 5.75 Å². The molecular weight excluding hydrogens is 384 g/mol. The van der Waals surface area contributed by atoms with E-state index in [-0.39, 0.29) is 24.7 Å². The van der Waals surface area contributed by atoms with Crippen molar-refractivity contribution in [1.82, 2.24) is 4.90 Å². The second-order valence-corrected chi connectivity index (χ2v) is 6.08. The van der Waals surface area contributed by atoms with Crippen molar-refractivity contribution in [2.24, 2.45) is 0 Å². The van der Waals surface area contributed by atoms with Crippen LogP contribution in [-0.4, -0.2) is 42.3 Å². The minimum absolute atomic E-state index is 0.0111. The highest BCUT2D eigenvalue weighted by Gasteiger charge is 2.17. The number of nitrogens with zero attached hydrogens (tertiary/aromatic N) is 1. The zero-order chi connectivity index (χ0) is 21.4. The molecule has 0 aliphatic carbocycles. The van der Waals surface area contributed by atoms with Crippen LogP contribution in [0.4, 0.5) is 20.2 Å². The normalized spacial score (nSPS) is 10.2. The topological polar surface area (TPSA) is 87.7 Å². The number of amides is 3. The Balaban J connectivity index is 1.87. The molecule has 7 nitrogen and oxygen atoms in total. The Hall–Kier alpha value is -3.49. The summed E-state index contributed by atoms with van der Waals surface area (Å²) in [6.45, 7) is 2.73. The van der Waals surface area contributed by atoms with E-state index in [0.29, 0.717) is 11.4 Å². The molecule has 29 heavy (non-hydrogen) atoms. The molecule has 0 unspecified atom stereocenters. The lowest BCUT2D eigenvalue weighted by Gasteiger charge is -2.20. The molecule has 0 atom stereocenters. The number of halogens is 2. The summed E-state index contributed by atoms with van der Waals surface area (Å²) in [5, 5.41) is 5.26. The van der Waals surface area contributed by atoms with Gasteiger partial charge in [-0.2, -0.15) is 0 Å². The number of hydrogen-bond donors (Lipinski definition) is 2. The summed E-state index contributed by atoms with van der Waals surface area (Å²) in [4.78, 5) is 36.7. The molecular formula is C20H21F2N3O4. The van der Waals surface area contributed by atoms with Gasteiger partial charge in [0.15, 0.2) is 18.2 Å². The fourth-order valence-corrected chi connectivity index (χ4v) is 2.39. The zero-order valence-electron chi connectivity index (χ0n) is 16.0. The third-order valence-corrected chi connectivity index (χ3v) is 3.81. The van der Waals surface area contributed by atoms with Crippen LogP contribution in [0.2, 0.25) is 0 Å². The van der Waals surface area contributed by atoms with E-state index >= 15 is 0 Å². The number of hydrogen-bond acceptors (Lipinski definition) is 4. The minimum Gasteiger partial charge on any atom is -0.484 e. The van der Waals surface area contributed by atoms with Gasteiger partial charge in [0.2, 0.25) is 11.8 Å². The first-order chi connectivity index (χ1) is 13.8. The molecule has 2 aromatic rings. The van der Waals surface area contributed by atoms with Gasteiger partial charge in [-0.05, 0) is 43.3 Å². The highest BCUT2D eigenvalue weighted by atomic mass is 19.2. The first-order valence-electron chi connectivity index (χ1n) is 8.81. The number of carbonyl (C=O) groups excluding carboxylic acids is 3. The van der Waals surface area contributed by atoms with Gasteiger partial charge in [-0.3, -0.25) is 14.4 Å². The van der Waals surface area contributed by atoms with Crippen LogP contribution >= 0.6 is 0 Å². The van der Waals surface area contributed by atoms with E-state index in [9.17, 15) is 23.2 Å². The molecule has 0 aromatic heterocycles. The van der Waals surface area contributed by atoms with Crippen LogP contribution < -0.4 is 15.4 Å². The second-order valence-electron chi connectivity index (χ2n) is 6.08. The maximum atomic E-state index is 13.2. The Bertz CT molecular complexity index is 888. The van der Waals surface area contributed by atoms with Crippen molar-refractivity contribution in [3.05, 3.63) is 54.1 Å². The van der Waals surface area contributed by atoms with Crippen molar-refractivity contribution in [3.8, 4) is 5.75 Å². The molecule has 2 N–H and O–H groups in total. The molecule has 0 bridgehead atoms. The molecule has 0 heterocycles. The van der Waals surface area contributed by atoms with Crippen molar-refractivity contribution >= 4 is 29.1 Å². The average Bonchev–Trinajstić information content (AvgIpc) is 2.68. The number of rotatable bonds is 8. The third kappa shape index (κ3) is 6.87. The second kappa shape index (κ2) is 10.2. The molecule has 0 saturated heterocycles. The molecule has 0 saturated carbocycles. The summed E-state index contributed by atoms with van der Waals surface area (Å²) in [6.07, 6.45) is 0. The summed E-state index contributed by atoms with van der Waals surface area (Å²) in [6, 6.07) is 9.46. The van der Waals surface area contributed by atoms with Gasteiger partial charge >= 0.3 is 0 Å². The molecule has 2 rings (SSSR count). The fraction of sp³-hybridized carbons (Fsp3) is 0.250. The van der Waals surface area contributed by atoms with Gasteiger partial charge in [-0.25, -0.2) is 8.78 Å². The lowest BCUT2D eigenvalue weighted by molar-refractivity contribution is -0.136. The number of ether oxygens (including phenoxy) is 1. The van der Waals surface area contributed by atoms with Crippen molar-refractivity contribution in [2.45, 2.75) is 13.8 Å². The third-order valence-electron chi connectivity index (χ3n) is 3.81. The Morgan fingerprint density at radius 3 is 2.14 bits per heavy atom. The highest BCUT2D eigenvalue weighted by molar-refractivity contribution is 5.95. The number of benzene rings is 2. The monoisotopic (exact) mass is 405 g/mol. The zero-order valence-corrected chi connectivity index (χ0v) is 16.0. The summed E-state index contributed by atoms with van der Waals surface area (Å²) < 4.78 is 31.2. The number of nitrogens with one attached hydrogen (secondary N) is 2. The van der Waals surface area contributed by atoms with E-state index in [1.165, 1.54) is 17.9 Å². The smallest absolute Gasteiger partial charge is 0.260 e. The standard InChI is InChI=1S/C20H21F2N3O4/c1-3-25(20(28)12-29-16-8-9-17(21)18(22)10-16)11-19(27)24-15-6-4-14(5-7-15)23-13(2)26/h4-10H,3,11-12H2,1-2H3,(H,23,26)(H,24,27). The molecule has 0 aliphatic heterocycles. The van der Waals surface area contributed by atoms with Gasteiger partial charge < -0.3 is 20.3 Å². The predicted molar refractivity (Wildman–Crippen MR) is 103 cm³/mol. The van der Waals surface area contributed by atoms with Crippen LogP contribution in [0, 0.1) is 11.6 Å². The maximum Gasteiger partial charge on any atom is 0.260 e. The molecule has 9 heteroatoms.